The molecule has 0 heterocycles. The van der Waals surface area contributed by atoms with Crippen LogP contribution in [0, 0.1) is 0 Å². The highest BCUT2D eigenvalue weighted by Gasteiger charge is 2.33. The number of hydrogen-bond donors (Lipinski definition) is 1. The predicted octanol–water partition coefficient (Wildman–Crippen LogP) is 1.59. The molecule has 2 N–H and O–H groups in total. The van der Waals surface area contributed by atoms with Crippen LogP contribution < -0.4 is 5.73 Å². The molecule has 1 saturated carbocycles. The summed E-state index contributed by atoms with van der Waals surface area (Å²) in [4.78, 5) is 0. The summed E-state index contributed by atoms with van der Waals surface area (Å²) in [6.45, 7) is 5.99. The summed E-state index contributed by atoms with van der Waals surface area (Å²) >= 11 is 0. The van der Waals surface area contributed by atoms with Crippen molar-refractivity contribution in [2.75, 3.05) is 19.8 Å². The molecule has 0 unspecified atom stereocenters. The predicted molar refractivity (Wildman–Crippen MR) is 70.4 cm³/mol. The van der Waals surface area contributed by atoms with Gasteiger partial charge in [0.2, 0.25) is 0 Å². The Morgan fingerprint density at radius 3 is 2.12 bits per heavy atom. The van der Waals surface area contributed by atoms with E-state index in [0.29, 0.717) is 19.8 Å². The number of hydrogen-bond acceptors (Lipinski definition) is 3. The lowest BCUT2D eigenvalue weighted by atomic mass is 10.0. The summed E-state index contributed by atoms with van der Waals surface area (Å²) in [6, 6.07) is 0. The smallest absolute Gasteiger partial charge is 0.156 e. The summed E-state index contributed by atoms with van der Waals surface area (Å²) in [6.07, 6.45) is 6.92. The van der Waals surface area contributed by atoms with Crippen LogP contribution in [0.3, 0.4) is 0 Å². The number of rotatable bonds is 7. The van der Waals surface area contributed by atoms with Gasteiger partial charge in [-0.2, -0.15) is 0 Å². The van der Waals surface area contributed by atoms with Crippen LogP contribution in [0.25, 0.3) is 0 Å². The fraction of sp³-hybridized carbons (Fsp3) is 1.00. The lowest BCUT2D eigenvalue weighted by Crippen LogP contribution is -2.50. The second-order valence-corrected chi connectivity index (χ2v) is 7.33. The van der Waals surface area contributed by atoms with Crippen molar-refractivity contribution in [2.24, 2.45) is 5.73 Å². The van der Waals surface area contributed by atoms with E-state index in [1.165, 1.54) is 32.1 Å². The third kappa shape index (κ3) is 4.16. The van der Waals surface area contributed by atoms with Gasteiger partial charge in [-0.1, -0.05) is 32.1 Å². The standard InChI is InChI=1S/C12H27NO2Si/c1-3-14-12(10-13,15-4-2)16-11-8-6-5-7-9-11/h11H,3-10,13,16H2,1-2H3. The maximum Gasteiger partial charge on any atom is 0.156 e. The molecule has 1 aliphatic carbocycles. The minimum absolute atomic E-state index is 0.383. The summed E-state index contributed by atoms with van der Waals surface area (Å²) in [5, 5.41) is 0. The van der Waals surface area contributed by atoms with E-state index in [9.17, 15) is 0 Å². The van der Waals surface area contributed by atoms with Crippen LogP contribution in [0.1, 0.15) is 46.0 Å². The molecule has 1 rings (SSSR count). The summed E-state index contributed by atoms with van der Waals surface area (Å²) in [7, 11) is -0.419. The maximum atomic E-state index is 5.88. The molecule has 4 heteroatoms. The molecule has 0 aromatic heterocycles. The van der Waals surface area contributed by atoms with Gasteiger partial charge in [0, 0.05) is 19.8 Å². The average Bonchev–Trinajstić information content (AvgIpc) is 2.31. The zero-order chi connectivity index (χ0) is 11.9. The largest absolute Gasteiger partial charge is 0.353 e. The molecule has 1 aliphatic rings. The van der Waals surface area contributed by atoms with Gasteiger partial charge in [0.25, 0.3) is 0 Å². The Balaban J connectivity index is 2.52. The minimum atomic E-state index is -0.419. The van der Waals surface area contributed by atoms with Gasteiger partial charge >= 0.3 is 0 Å². The molecule has 0 atom stereocenters. The topological polar surface area (TPSA) is 44.5 Å². The van der Waals surface area contributed by atoms with E-state index < -0.39 is 9.52 Å². The van der Waals surface area contributed by atoms with E-state index in [1.54, 1.807) is 0 Å². The van der Waals surface area contributed by atoms with Gasteiger partial charge in [-0.15, -0.1) is 0 Å². The van der Waals surface area contributed by atoms with Crippen molar-refractivity contribution in [3.8, 4) is 0 Å². The van der Waals surface area contributed by atoms with Crippen molar-refractivity contribution in [3.05, 3.63) is 0 Å². The van der Waals surface area contributed by atoms with Crippen molar-refractivity contribution in [1.82, 2.24) is 0 Å². The molecule has 0 aliphatic heterocycles. The van der Waals surface area contributed by atoms with Crippen molar-refractivity contribution in [2.45, 2.75) is 56.9 Å². The number of ether oxygens (including phenoxy) is 2. The number of nitrogens with two attached hydrogens (primary N) is 1. The van der Waals surface area contributed by atoms with Gasteiger partial charge in [0.1, 0.15) is 0 Å². The molecule has 16 heavy (non-hydrogen) atoms. The monoisotopic (exact) mass is 245 g/mol. The zero-order valence-electron chi connectivity index (χ0n) is 10.8. The van der Waals surface area contributed by atoms with Crippen molar-refractivity contribution in [1.29, 1.82) is 0 Å². The molecular weight excluding hydrogens is 218 g/mol. The molecular formula is C12H27NO2Si. The van der Waals surface area contributed by atoms with Crippen LogP contribution in [-0.2, 0) is 9.47 Å². The molecule has 0 saturated heterocycles. The lowest BCUT2D eigenvalue weighted by Gasteiger charge is -2.36. The van der Waals surface area contributed by atoms with E-state index in [2.05, 4.69) is 0 Å². The second-order valence-electron chi connectivity index (χ2n) is 4.69. The van der Waals surface area contributed by atoms with E-state index in [1.807, 2.05) is 13.8 Å². The van der Waals surface area contributed by atoms with E-state index in [4.69, 9.17) is 15.2 Å². The molecule has 0 amide bonds. The molecule has 1 fully saturated rings. The fourth-order valence-corrected chi connectivity index (χ4v) is 5.39. The van der Waals surface area contributed by atoms with Gasteiger partial charge in [-0.3, -0.25) is 0 Å². The minimum Gasteiger partial charge on any atom is -0.353 e. The quantitative estimate of drug-likeness (QED) is 0.547. The Hall–Kier alpha value is 0.0969. The van der Waals surface area contributed by atoms with Crippen LogP contribution in [0.2, 0.25) is 5.54 Å². The van der Waals surface area contributed by atoms with E-state index in [0.717, 1.165) is 5.54 Å². The molecule has 3 nitrogen and oxygen atoms in total. The zero-order valence-corrected chi connectivity index (χ0v) is 12.2. The Morgan fingerprint density at radius 1 is 1.12 bits per heavy atom. The summed E-state index contributed by atoms with van der Waals surface area (Å²) in [5.41, 5.74) is 6.37. The van der Waals surface area contributed by atoms with Crippen LogP contribution in [0.5, 0.6) is 0 Å². The van der Waals surface area contributed by atoms with E-state index in [-0.39, 0.29) is 5.41 Å². The Labute approximate surface area is 102 Å². The molecule has 0 bridgehead atoms. The van der Waals surface area contributed by atoms with Crippen LogP contribution in [0.4, 0.5) is 0 Å². The highest BCUT2D eigenvalue weighted by atomic mass is 28.2. The Bertz CT molecular complexity index is 178. The highest BCUT2D eigenvalue weighted by molar-refractivity contribution is 6.41. The first kappa shape index (κ1) is 14.2. The van der Waals surface area contributed by atoms with Crippen molar-refractivity contribution >= 4 is 9.52 Å². The third-order valence-electron chi connectivity index (χ3n) is 3.45. The van der Waals surface area contributed by atoms with Gasteiger partial charge in [0.15, 0.2) is 5.41 Å². The van der Waals surface area contributed by atoms with Gasteiger partial charge < -0.3 is 15.2 Å². The third-order valence-corrected chi connectivity index (χ3v) is 6.16. The van der Waals surface area contributed by atoms with Gasteiger partial charge in [0.05, 0.1) is 9.52 Å². The van der Waals surface area contributed by atoms with Gasteiger partial charge in [-0.05, 0) is 19.4 Å². The first-order valence-electron chi connectivity index (χ1n) is 6.74. The first-order chi connectivity index (χ1) is 7.76. The lowest BCUT2D eigenvalue weighted by molar-refractivity contribution is -0.169. The van der Waals surface area contributed by atoms with Gasteiger partial charge in [-0.25, -0.2) is 0 Å². The summed E-state index contributed by atoms with van der Waals surface area (Å²) < 4.78 is 11.7. The highest BCUT2D eigenvalue weighted by Crippen LogP contribution is 2.31. The average molecular weight is 245 g/mol. The van der Waals surface area contributed by atoms with E-state index >= 15 is 0 Å². The fourth-order valence-electron chi connectivity index (χ4n) is 2.72. The second kappa shape index (κ2) is 7.43. The SMILES string of the molecule is CCOC(CN)(OCC)[SiH2]C1CCCCC1. The van der Waals surface area contributed by atoms with Crippen LogP contribution >= 0.6 is 0 Å². The van der Waals surface area contributed by atoms with Crippen molar-refractivity contribution in [3.63, 3.8) is 0 Å². The summed E-state index contributed by atoms with van der Waals surface area (Å²) in [5.74, 6) is 0. The molecule has 0 aromatic carbocycles. The molecule has 0 aromatic rings. The molecule has 0 radical (unpaired) electrons. The van der Waals surface area contributed by atoms with Crippen LogP contribution in [0.15, 0.2) is 0 Å². The maximum absolute atomic E-state index is 5.88. The Morgan fingerprint density at radius 2 is 1.69 bits per heavy atom. The molecule has 96 valence electrons. The Kier molecular flexibility index (Phi) is 6.57. The van der Waals surface area contributed by atoms with Crippen LogP contribution in [-0.4, -0.2) is 34.7 Å². The molecule has 0 spiro atoms. The first-order valence-corrected chi connectivity index (χ1v) is 8.26. The normalized spacial score (nSPS) is 19.7. The van der Waals surface area contributed by atoms with Crippen molar-refractivity contribution < 1.29 is 9.47 Å².